The van der Waals surface area contributed by atoms with E-state index in [-0.39, 0.29) is 11.3 Å². The van der Waals surface area contributed by atoms with Crippen LogP contribution in [-0.4, -0.2) is 59.0 Å². The summed E-state index contributed by atoms with van der Waals surface area (Å²) in [7, 11) is 0. The molecule has 3 aliphatic rings. The number of alkyl halides is 3. The molecule has 172 valence electrons. The van der Waals surface area contributed by atoms with Crippen molar-refractivity contribution in [1.82, 2.24) is 20.1 Å². The molecule has 2 aliphatic heterocycles. The van der Waals surface area contributed by atoms with E-state index in [9.17, 15) is 13.2 Å². The highest BCUT2D eigenvalue weighted by Crippen LogP contribution is 2.40. The highest BCUT2D eigenvalue weighted by Gasteiger charge is 2.41. The Morgan fingerprint density at radius 3 is 2.44 bits per heavy atom. The van der Waals surface area contributed by atoms with Gasteiger partial charge in [0.1, 0.15) is 5.82 Å². The van der Waals surface area contributed by atoms with Crippen LogP contribution in [0.4, 0.5) is 19.0 Å². The average Bonchev–Trinajstić information content (AvgIpc) is 3.32. The lowest BCUT2D eigenvalue weighted by molar-refractivity contribution is -0.140. The van der Waals surface area contributed by atoms with E-state index in [1.807, 2.05) is 0 Å². The van der Waals surface area contributed by atoms with Gasteiger partial charge in [-0.1, -0.05) is 0 Å². The maximum atomic E-state index is 13.2. The number of rotatable bonds is 5. The molecule has 1 N–H and O–H groups in total. The molecule has 4 heterocycles. The number of fused-ring (bicyclic) bond motifs is 1. The third-order valence-corrected chi connectivity index (χ3v) is 7.05. The van der Waals surface area contributed by atoms with Crippen molar-refractivity contribution < 1.29 is 17.9 Å². The zero-order valence-electron chi connectivity index (χ0n) is 17.9. The molecule has 32 heavy (non-hydrogen) atoms. The smallest absolute Gasteiger partial charge is 0.381 e. The number of nitrogens with one attached hydrogen (secondary N) is 1. The van der Waals surface area contributed by atoms with Gasteiger partial charge in [0.2, 0.25) is 0 Å². The molecule has 5 rings (SSSR count). The molecule has 6 nitrogen and oxygen atoms in total. The predicted molar refractivity (Wildman–Crippen MR) is 114 cm³/mol. The zero-order valence-corrected chi connectivity index (χ0v) is 17.9. The Morgan fingerprint density at radius 2 is 1.78 bits per heavy atom. The van der Waals surface area contributed by atoms with Crippen molar-refractivity contribution in [2.75, 3.05) is 38.2 Å². The summed E-state index contributed by atoms with van der Waals surface area (Å²) >= 11 is 0. The first kappa shape index (κ1) is 21.6. The second-order valence-corrected chi connectivity index (χ2v) is 9.31. The molecule has 2 saturated heterocycles. The number of hydrogen-bond acceptors (Lipinski definition) is 6. The molecule has 1 aliphatic carbocycles. The van der Waals surface area contributed by atoms with Crippen LogP contribution in [0, 0.1) is 17.8 Å². The van der Waals surface area contributed by atoms with Gasteiger partial charge in [-0.05, 0) is 67.7 Å². The molecule has 3 fully saturated rings. The normalized spacial score (nSPS) is 26.9. The van der Waals surface area contributed by atoms with Gasteiger partial charge in [0.25, 0.3) is 0 Å². The lowest BCUT2D eigenvalue weighted by Gasteiger charge is -2.27. The molecule has 2 aromatic rings. The number of likely N-dealkylation sites (tertiary alicyclic amines) is 1. The SMILES string of the molecule is FC(F)(F)c1ncccc1-c1ccc(NC2C[C@@H]3CN(CC4CCOCC4)C[C@@H]3C2)nn1. The molecule has 0 radical (unpaired) electrons. The molecule has 0 spiro atoms. The minimum absolute atomic E-state index is 0.0564. The standard InChI is InChI=1S/C23H28F3N5O/c24-23(25,26)22-19(2-1-7-27-22)20-3-4-21(30-29-20)28-18-10-16-13-31(14-17(16)11-18)12-15-5-8-32-9-6-15/h1-4,7,15-18H,5-6,8-14H2,(H,28,30)/t16-,17+,18?. The summed E-state index contributed by atoms with van der Waals surface area (Å²) in [6, 6.07) is 6.46. The quantitative estimate of drug-likeness (QED) is 0.745. The van der Waals surface area contributed by atoms with Crippen molar-refractivity contribution in [2.45, 2.75) is 37.9 Å². The molecule has 1 saturated carbocycles. The summed E-state index contributed by atoms with van der Waals surface area (Å²) in [4.78, 5) is 6.12. The zero-order chi connectivity index (χ0) is 22.1. The third kappa shape index (κ3) is 4.73. The van der Waals surface area contributed by atoms with Gasteiger partial charge in [-0.2, -0.15) is 13.2 Å². The van der Waals surface area contributed by atoms with E-state index in [1.54, 1.807) is 12.1 Å². The number of pyridine rings is 1. The van der Waals surface area contributed by atoms with Crippen molar-refractivity contribution in [2.24, 2.45) is 17.8 Å². The minimum Gasteiger partial charge on any atom is -0.381 e. The molecule has 1 unspecified atom stereocenters. The van der Waals surface area contributed by atoms with Crippen molar-refractivity contribution >= 4 is 5.82 Å². The van der Waals surface area contributed by atoms with Gasteiger partial charge in [-0.3, -0.25) is 4.98 Å². The molecule has 0 bridgehead atoms. The van der Waals surface area contributed by atoms with Gasteiger partial charge < -0.3 is 15.0 Å². The Labute approximate surface area is 185 Å². The Morgan fingerprint density at radius 1 is 1.03 bits per heavy atom. The first-order valence-electron chi connectivity index (χ1n) is 11.4. The van der Waals surface area contributed by atoms with E-state index >= 15 is 0 Å². The largest absolute Gasteiger partial charge is 0.434 e. The molecule has 0 amide bonds. The van der Waals surface area contributed by atoms with Gasteiger partial charge in [0.15, 0.2) is 5.69 Å². The number of hydrogen-bond donors (Lipinski definition) is 1. The lowest BCUT2D eigenvalue weighted by atomic mass is 10.00. The van der Waals surface area contributed by atoms with Crippen LogP contribution in [0.15, 0.2) is 30.5 Å². The summed E-state index contributed by atoms with van der Waals surface area (Å²) < 4.78 is 45.1. The van der Waals surface area contributed by atoms with Gasteiger partial charge in [-0.15, -0.1) is 10.2 Å². The van der Waals surface area contributed by atoms with Gasteiger partial charge in [0.05, 0.1) is 5.69 Å². The maximum Gasteiger partial charge on any atom is 0.434 e. The molecule has 3 atom stereocenters. The molecular weight excluding hydrogens is 419 g/mol. The first-order valence-corrected chi connectivity index (χ1v) is 11.4. The molecule has 2 aromatic heterocycles. The number of ether oxygens (including phenoxy) is 1. The van der Waals surface area contributed by atoms with Crippen LogP contribution >= 0.6 is 0 Å². The lowest BCUT2D eigenvalue weighted by Crippen LogP contribution is -2.32. The van der Waals surface area contributed by atoms with E-state index in [1.165, 1.54) is 31.5 Å². The van der Waals surface area contributed by atoms with Crippen molar-refractivity contribution in [1.29, 1.82) is 0 Å². The Kier molecular flexibility index (Phi) is 6.03. The van der Waals surface area contributed by atoms with Gasteiger partial charge >= 0.3 is 6.18 Å². The Hall–Kier alpha value is -2.26. The Balaban J connectivity index is 1.16. The fourth-order valence-corrected chi connectivity index (χ4v) is 5.56. The first-order chi connectivity index (χ1) is 15.5. The van der Waals surface area contributed by atoms with Gasteiger partial charge in [-0.25, -0.2) is 0 Å². The number of anilines is 1. The average molecular weight is 448 g/mol. The summed E-state index contributed by atoms with van der Waals surface area (Å²) in [5, 5.41) is 11.6. The van der Waals surface area contributed by atoms with E-state index in [0.717, 1.165) is 51.3 Å². The Bertz CT molecular complexity index is 903. The summed E-state index contributed by atoms with van der Waals surface area (Å²) in [5.41, 5.74) is -0.828. The third-order valence-electron chi connectivity index (χ3n) is 7.05. The molecule has 0 aromatic carbocycles. The van der Waals surface area contributed by atoms with Crippen LogP contribution in [0.2, 0.25) is 0 Å². The van der Waals surface area contributed by atoms with E-state index in [0.29, 0.717) is 23.7 Å². The van der Waals surface area contributed by atoms with E-state index in [2.05, 4.69) is 25.4 Å². The maximum absolute atomic E-state index is 13.2. The van der Waals surface area contributed by atoms with Crippen LogP contribution in [0.5, 0.6) is 0 Å². The fraction of sp³-hybridized carbons (Fsp3) is 0.609. The second-order valence-electron chi connectivity index (χ2n) is 9.31. The van der Waals surface area contributed by atoms with Crippen LogP contribution in [-0.2, 0) is 10.9 Å². The van der Waals surface area contributed by atoms with Crippen molar-refractivity contribution in [3.05, 3.63) is 36.2 Å². The van der Waals surface area contributed by atoms with Crippen molar-refractivity contribution in [3.63, 3.8) is 0 Å². The topological polar surface area (TPSA) is 63.2 Å². The van der Waals surface area contributed by atoms with Crippen molar-refractivity contribution in [3.8, 4) is 11.3 Å². The monoisotopic (exact) mass is 447 g/mol. The molecule has 9 heteroatoms. The van der Waals surface area contributed by atoms with E-state index in [4.69, 9.17) is 4.74 Å². The molecular formula is C23H28F3N5O. The van der Waals surface area contributed by atoms with Crippen LogP contribution in [0.1, 0.15) is 31.4 Å². The summed E-state index contributed by atoms with van der Waals surface area (Å²) in [5.74, 6) is 2.77. The number of aromatic nitrogens is 3. The second kappa shape index (κ2) is 8.94. The highest BCUT2D eigenvalue weighted by atomic mass is 19.4. The highest BCUT2D eigenvalue weighted by molar-refractivity contribution is 5.62. The number of halogens is 3. The van der Waals surface area contributed by atoms with Crippen LogP contribution in [0.3, 0.4) is 0 Å². The minimum atomic E-state index is -4.53. The fourth-order valence-electron chi connectivity index (χ4n) is 5.56. The number of nitrogens with zero attached hydrogens (tertiary/aromatic N) is 4. The predicted octanol–water partition coefficient (Wildman–Crippen LogP) is 4.11. The van der Waals surface area contributed by atoms with Crippen LogP contribution < -0.4 is 5.32 Å². The van der Waals surface area contributed by atoms with Gasteiger partial charge in [0, 0.05) is 50.7 Å². The van der Waals surface area contributed by atoms with E-state index < -0.39 is 11.9 Å². The summed E-state index contributed by atoms with van der Waals surface area (Å²) in [6.07, 6.45) is 1.15. The summed E-state index contributed by atoms with van der Waals surface area (Å²) in [6.45, 7) is 5.30. The van der Waals surface area contributed by atoms with Crippen LogP contribution in [0.25, 0.3) is 11.3 Å².